The lowest BCUT2D eigenvalue weighted by Crippen LogP contribution is -2.36. The van der Waals surface area contributed by atoms with Gasteiger partial charge in [-0.1, -0.05) is 12.1 Å². The molecule has 1 aromatic heterocycles. The number of rotatable bonds is 5. The summed E-state index contributed by atoms with van der Waals surface area (Å²) in [6.45, 7) is 1.49. The van der Waals surface area contributed by atoms with Crippen molar-refractivity contribution in [3.05, 3.63) is 47.9 Å². The van der Waals surface area contributed by atoms with Crippen LogP contribution in [0.4, 0.5) is 11.5 Å². The fourth-order valence-corrected chi connectivity index (χ4v) is 4.32. The topological polar surface area (TPSA) is 118 Å². The predicted molar refractivity (Wildman–Crippen MR) is 96.3 cm³/mol. The summed E-state index contributed by atoms with van der Waals surface area (Å²) < 4.78 is 22.9. The number of nitrogens with one attached hydrogen (secondary N) is 2. The van der Waals surface area contributed by atoms with Crippen LogP contribution in [-0.2, 0) is 9.84 Å². The van der Waals surface area contributed by atoms with Gasteiger partial charge in [0.2, 0.25) is 0 Å². The van der Waals surface area contributed by atoms with Gasteiger partial charge in [-0.3, -0.25) is 9.59 Å². The van der Waals surface area contributed by atoms with Gasteiger partial charge in [-0.05, 0) is 25.5 Å². The van der Waals surface area contributed by atoms with E-state index in [4.69, 9.17) is 0 Å². The zero-order chi connectivity index (χ0) is 18.7. The standard InChI is InChI=1S/C17H18N4O4S/c1-11(22)12-3-2-4-13(7-12)20-16-9-18-15(8-19-16)17(23)21-14-5-6-26(24,25)10-14/h2-4,7-9,14H,5-6,10H2,1H3,(H,19,20)(H,21,23). The molecule has 136 valence electrons. The molecule has 0 aliphatic carbocycles. The summed E-state index contributed by atoms with van der Waals surface area (Å²) in [5.41, 5.74) is 1.36. The summed E-state index contributed by atoms with van der Waals surface area (Å²) in [5.74, 6) is -0.0273. The molecular formula is C17H18N4O4S. The first-order chi connectivity index (χ1) is 12.3. The fourth-order valence-electron chi connectivity index (χ4n) is 2.64. The smallest absolute Gasteiger partial charge is 0.271 e. The molecule has 0 radical (unpaired) electrons. The van der Waals surface area contributed by atoms with E-state index in [0.29, 0.717) is 23.5 Å². The number of nitrogens with zero attached hydrogens (tertiary/aromatic N) is 2. The van der Waals surface area contributed by atoms with Gasteiger partial charge in [-0.15, -0.1) is 0 Å². The highest BCUT2D eigenvalue weighted by Crippen LogP contribution is 2.16. The van der Waals surface area contributed by atoms with Gasteiger partial charge >= 0.3 is 0 Å². The number of Topliss-reactive ketones (excluding diaryl/α,β-unsaturated/α-hetero) is 1. The van der Waals surface area contributed by atoms with Gasteiger partial charge in [0.1, 0.15) is 11.5 Å². The second kappa shape index (κ2) is 7.20. The van der Waals surface area contributed by atoms with Crippen molar-refractivity contribution in [2.45, 2.75) is 19.4 Å². The molecule has 8 nitrogen and oxygen atoms in total. The van der Waals surface area contributed by atoms with Gasteiger partial charge in [0.25, 0.3) is 5.91 Å². The maximum atomic E-state index is 12.1. The number of amides is 1. The zero-order valence-corrected chi connectivity index (χ0v) is 14.9. The lowest BCUT2D eigenvalue weighted by molar-refractivity contribution is 0.0935. The fraction of sp³-hybridized carbons (Fsp3) is 0.294. The highest BCUT2D eigenvalue weighted by atomic mass is 32.2. The molecule has 0 bridgehead atoms. The maximum Gasteiger partial charge on any atom is 0.271 e. The van der Waals surface area contributed by atoms with Crippen LogP contribution in [0.1, 0.15) is 34.2 Å². The Hall–Kier alpha value is -2.81. The van der Waals surface area contributed by atoms with Crippen molar-refractivity contribution in [2.24, 2.45) is 0 Å². The molecule has 2 N–H and O–H groups in total. The first-order valence-electron chi connectivity index (χ1n) is 8.04. The third-order valence-electron chi connectivity index (χ3n) is 3.99. The summed E-state index contributed by atoms with van der Waals surface area (Å²) in [6, 6.07) is 6.57. The molecule has 1 unspecified atom stereocenters. The minimum Gasteiger partial charge on any atom is -0.347 e. The van der Waals surface area contributed by atoms with Crippen molar-refractivity contribution in [2.75, 3.05) is 16.8 Å². The zero-order valence-electron chi connectivity index (χ0n) is 14.1. The van der Waals surface area contributed by atoms with Crippen molar-refractivity contribution in [3.63, 3.8) is 0 Å². The van der Waals surface area contributed by atoms with E-state index in [0.717, 1.165) is 0 Å². The minimum absolute atomic E-state index is 0.0410. The lowest BCUT2D eigenvalue weighted by atomic mass is 10.1. The molecule has 1 amide bonds. The Kier molecular flexibility index (Phi) is 4.99. The van der Waals surface area contributed by atoms with Gasteiger partial charge in [-0.25, -0.2) is 18.4 Å². The van der Waals surface area contributed by atoms with Gasteiger partial charge < -0.3 is 10.6 Å². The number of anilines is 2. The molecule has 1 atom stereocenters. The summed E-state index contributed by atoms with van der Waals surface area (Å²) >= 11 is 0. The predicted octanol–water partition coefficient (Wildman–Crippen LogP) is 1.34. The van der Waals surface area contributed by atoms with Crippen LogP contribution in [0.25, 0.3) is 0 Å². The number of aromatic nitrogens is 2. The highest BCUT2D eigenvalue weighted by molar-refractivity contribution is 7.91. The van der Waals surface area contributed by atoms with Crippen molar-refractivity contribution in [1.29, 1.82) is 0 Å². The second-order valence-electron chi connectivity index (χ2n) is 6.12. The molecule has 1 fully saturated rings. The first kappa shape index (κ1) is 18.0. The lowest BCUT2D eigenvalue weighted by Gasteiger charge is -2.10. The van der Waals surface area contributed by atoms with Crippen LogP contribution in [-0.4, -0.2) is 47.6 Å². The monoisotopic (exact) mass is 374 g/mol. The summed E-state index contributed by atoms with van der Waals surface area (Å²) in [4.78, 5) is 31.7. The minimum atomic E-state index is -3.06. The van der Waals surface area contributed by atoms with Crippen LogP contribution in [0.15, 0.2) is 36.7 Å². The van der Waals surface area contributed by atoms with Crippen molar-refractivity contribution < 1.29 is 18.0 Å². The van der Waals surface area contributed by atoms with Crippen LogP contribution < -0.4 is 10.6 Å². The second-order valence-corrected chi connectivity index (χ2v) is 8.35. The number of carbonyl (C=O) groups is 2. The molecule has 2 aromatic rings. The Morgan fingerprint density at radius 3 is 2.62 bits per heavy atom. The van der Waals surface area contributed by atoms with E-state index in [1.807, 2.05) is 0 Å². The normalized spacial score (nSPS) is 18.3. The van der Waals surface area contributed by atoms with Gasteiger partial charge in [0, 0.05) is 17.3 Å². The highest BCUT2D eigenvalue weighted by Gasteiger charge is 2.29. The van der Waals surface area contributed by atoms with E-state index in [1.54, 1.807) is 24.3 Å². The molecular weight excluding hydrogens is 356 g/mol. The largest absolute Gasteiger partial charge is 0.347 e. The van der Waals surface area contributed by atoms with Gasteiger partial charge in [-0.2, -0.15) is 0 Å². The summed E-state index contributed by atoms with van der Waals surface area (Å²) in [5, 5.41) is 5.67. The molecule has 1 aliphatic heterocycles. The molecule has 0 spiro atoms. The quantitative estimate of drug-likeness (QED) is 0.758. The molecule has 0 saturated carbocycles. The molecule has 1 saturated heterocycles. The SMILES string of the molecule is CC(=O)c1cccc(Nc2cnc(C(=O)NC3CCS(=O)(=O)C3)cn2)c1. The van der Waals surface area contributed by atoms with Crippen LogP contribution >= 0.6 is 0 Å². The maximum absolute atomic E-state index is 12.1. The third-order valence-corrected chi connectivity index (χ3v) is 5.76. The van der Waals surface area contributed by atoms with Crippen molar-refractivity contribution in [3.8, 4) is 0 Å². The molecule has 26 heavy (non-hydrogen) atoms. The van der Waals surface area contributed by atoms with E-state index in [-0.39, 0.29) is 29.0 Å². The van der Waals surface area contributed by atoms with Crippen LogP contribution in [0.5, 0.6) is 0 Å². The molecule has 1 aromatic carbocycles. The Morgan fingerprint density at radius 2 is 2.00 bits per heavy atom. The average molecular weight is 374 g/mol. The molecule has 9 heteroatoms. The number of benzene rings is 1. The Bertz CT molecular complexity index is 941. The molecule has 2 heterocycles. The van der Waals surface area contributed by atoms with E-state index < -0.39 is 15.7 Å². The van der Waals surface area contributed by atoms with E-state index in [1.165, 1.54) is 19.3 Å². The average Bonchev–Trinajstić information content (AvgIpc) is 2.94. The summed E-state index contributed by atoms with van der Waals surface area (Å²) in [7, 11) is -3.06. The number of hydrogen-bond acceptors (Lipinski definition) is 7. The van der Waals surface area contributed by atoms with Crippen molar-refractivity contribution >= 4 is 33.0 Å². The Labute approximate surface area is 151 Å². The first-order valence-corrected chi connectivity index (χ1v) is 9.86. The van der Waals surface area contributed by atoms with E-state index >= 15 is 0 Å². The van der Waals surface area contributed by atoms with Crippen molar-refractivity contribution in [1.82, 2.24) is 15.3 Å². The third kappa shape index (κ3) is 4.42. The van der Waals surface area contributed by atoms with Crippen LogP contribution in [0.3, 0.4) is 0 Å². The number of carbonyl (C=O) groups excluding carboxylic acids is 2. The van der Waals surface area contributed by atoms with E-state index in [9.17, 15) is 18.0 Å². The van der Waals surface area contributed by atoms with Gasteiger partial charge in [0.15, 0.2) is 15.6 Å². The number of ketones is 1. The Morgan fingerprint density at radius 1 is 1.19 bits per heavy atom. The number of sulfone groups is 1. The van der Waals surface area contributed by atoms with Crippen LogP contribution in [0.2, 0.25) is 0 Å². The number of hydrogen-bond donors (Lipinski definition) is 2. The molecule has 1 aliphatic rings. The van der Waals surface area contributed by atoms with Crippen LogP contribution in [0, 0.1) is 0 Å². The Balaban J connectivity index is 1.64. The summed E-state index contributed by atoms with van der Waals surface area (Å²) in [6.07, 6.45) is 3.13. The molecule has 3 rings (SSSR count). The van der Waals surface area contributed by atoms with Gasteiger partial charge in [0.05, 0.1) is 23.9 Å². The van der Waals surface area contributed by atoms with E-state index in [2.05, 4.69) is 20.6 Å².